The van der Waals surface area contributed by atoms with E-state index in [0.717, 1.165) is 29.5 Å². The fraction of sp³-hybridized carbons (Fsp3) is 0.462. The zero-order chi connectivity index (χ0) is 13.9. The first kappa shape index (κ1) is 14.2. The minimum absolute atomic E-state index is 0.270. The number of nitrogens with one attached hydrogen (secondary N) is 1. The average Bonchev–Trinajstić information content (AvgIpc) is 2.36. The third-order valence-corrected chi connectivity index (χ3v) is 3.78. The molecule has 1 N–H and O–H groups in total. The van der Waals surface area contributed by atoms with Crippen LogP contribution >= 0.6 is 11.8 Å². The Balaban J connectivity index is 2.05. The zero-order valence-electron chi connectivity index (χ0n) is 10.5. The smallest absolute Gasteiger partial charge is 0.362 e. The van der Waals surface area contributed by atoms with Crippen molar-refractivity contribution in [1.82, 2.24) is 5.32 Å². The van der Waals surface area contributed by atoms with Crippen LogP contribution in [0, 0.1) is 0 Å². The molecule has 0 radical (unpaired) electrons. The van der Waals surface area contributed by atoms with Gasteiger partial charge in [-0.15, -0.1) is 0 Å². The topological polar surface area (TPSA) is 24.4 Å². The van der Waals surface area contributed by atoms with Gasteiger partial charge in [0.05, 0.1) is 12.1 Å². The molecule has 0 amide bonds. The molecule has 1 aromatic carbocycles. The van der Waals surface area contributed by atoms with Gasteiger partial charge in [0, 0.05) is 11.8 Å². The maximum atomic E-state index is 12.6. The summed E-state index contributed by atoms with van der Waals surface area (Å²) in [7, 11) is 0. The molecule has 1 heterocycles. The lowest BCUT2D eigenvalue weighted by atomic mass is 10.1. The summed E-state index contributed by atoms with van der Waals surface area (Å²) in [6.45, 7) is 2.34. The molecule has 19 heavy (non-hydrogen) atoms. The van der Waals surface area contributed by atoms with Crippen molar-refractivity contribution < 1.29 is 13.2 Å². The Labute approximate surface area is 114 Å². The van der Waals surface area contributed by atoms with E-state index in [0.29, 0.717) is 11.6 Å². The van der Waals surface area contributed by atoms with E-state index in [1.54, 1.807) is 17.8 Å². The largest absolute Gasteiger partial charge is 0.416 e. The van der Waals surface area contributed by atoms with Gasteiger partial charge in [0.15, 0.2) is 5.17 Å². The van der Waals surface area contributed by atoms with E-state index >= 15 is 0 Å². The van der Waals surface area contributed by atoms with E-state index in [1.165, 1.54) is 6.07 Å². The fourth-order valence-electron chi connectivity index (χ4n) is 1.76. The summed E-state index contributed by atoms with van der Waals surface area (Å²) in [5.41, 5.74) is -0.0502. The lowest BCUT2D eigenvalue weighted by molar-refractivity contribution is -0.137. The van der Waals surface area contributed by atoms with Crippen molar-refractivity contribution in [3.05, 3.63) is 35.4 Å². The molecular weight excluding hydrogens is 273 g/mol. The number of hydrogen-bond acceptors (Lipinski definition) is 2. The van der Waals surface area contributed by atoms with Crippen molar-refractivity contribution in [2.75, 3.05) is 5.75 Å². The molecule has 1 aliphatic heterocycles. The Morgan fingerprint density at radius 2 is 2.21 bits per heavy atom. The summed E-state index contributed by atoms with van der Waals surface area (Å²) >= 11 is 1.61. The number of thioether (sulfide) groups is 1. The molecule has 1 atom stereocenters. The van der Waals surface area contributed by atoms with Crippen LogP contribution in [0.4, 0.5) is 13.2 Å². The number of benzene rings is 1. The third-order valence-electron chi connectivity index (χ3n) is 2.82. The highest BCUT2D eigenvalue weighted by Crippen LogP contribution is 2.29. The minimum Gasteiger partial charge on any atom is -0.362 e. The highest BCUT2D eigenvalue weighted by molar-refractivity contribution is 8.13. The number of amidine groups is 1. The van der Waals surface area contributed by atoms with E-state index in [1.807, 2.05) is 0 Å². The van der Waals surface area contributed by atoms with E-state index in [-0.39, 0.29) is 6.54 Å². The van der Waals surface area contributed by atoms with Crippen molar-refractivity contribution in [3.63, 3.8) is 0 Å². The monoisotopic (exact) mass is 288 g/mol. The lowest BCUT2D eigenvalue weighted by Gasteiger charge is -2.21. The Bertz CT molecular complexity index is 471. The summed E-state index contributed by atoms with van der Waals surface area (Å²) in [4.78, 5) is 4.33. The second kappa shape index (κ2) is 5.86. The number of hydrogen-bond donors (Lipinski definition) is 1. The van der Waals surface area contributed by atoms with Gasteiger partial charge in [0.1, 0.15) is 0 Å². The molecule has 0 spiro atoms. The van der Waals surface area contributed by atoms with Crippen molar-refractivity contribution in [3.8, 4) is 0 Å². The van der Waals surface area contributed by atoms with Crippen LogP contribution in [0.15, 0.2) is 29.3 Å². The van der Waals surface area contributed by atoms with Gasteiger partial charge >= 0.3 is 6.18 Å². The summed E-state index contributed by atoms with van der Waals surface area (Å²) in [5, 5.41) is 4.04. The molecule has 6 heteroatoms. The van der Waals surface area contributed by atoms with Crippen LogP contribution in [0.1, 0.15) is 24.5 Å². The van der Waals surface area contributed by atoms with Crippen LogP contribution in [0.25, 0.3) is 0 Å². The molecule has 2 nitrogen and oxygen atoms in total. The third kappa shape index (κ3) is 4.16. The van der Waals surface area contributed by atoms with Crippen molar-refractivity contribution in [2.24, 2.45) is 4.99 Å². The van der Waals surface area contributed by atoms with Crippen LogP contribution in [-0.4, -0.2) is 17.0 Å². The number of halogens is 3. The average molecular weight is 288 g/mol. The first-order valence-electron chi connectivity index (χ1n) is 6.05. The van der Waals surface area contributed by atoms with Crippen LogP contribution in [0.2, 0.25) is 0 Å². The summed E-state index contributed by atoms with van der Waals surface area (Å²) in [5.74, 6) is 0.996. The predicted octanol–water partition coefficient (Wildman–Crippen LogP) is 3.68. The second-order valence-corrected chi connectivity index (χ2v) is 5.59. The number of aliphatic imine (C=N–C) groups is 1. The Morgan fingerprint density at radius 1 is 1.42 bits per heavy atom. The zero-order valence-corrected chi connectivity index (χ0v) is 11.3. The van der Waals surface area contributed by atoms with Crippen LogP contribution in [-0.2, 0) is 12.7 Å². The molecule has 1 aliphatic rings. The van der Waals surface area contributed by atoms with Gasteiger partial charge in [0.25, 0.3) is 0 Å². The molecule has 1 saturated heterocycles. The molecular formula is C13H15F3N2S. The Kier molecular flexibility index (Phi) is 4.39. The number of nitrogens with zero attached hydrogens (tertiary/aromatic N) is 1. The highest BCUT2D eigenvalue weighted by Gasteiger charge is 2.30. The molecule has 0 aliphatic carbocycles. The normalized spacial score (nSPS) is 22.3. The first-order valence-corrected chi connectivity index (χ1v) is 7.03. The first-order chi connectivity index (χ1) is 8.95. The van der Waals surface area contributed by atoms with Crippen LogP contribution in [0.5, 0.6) is 0 Å². The quantitative estimate of drug-likeness (QED) is 0.898. The molecule has 0 bridgehead atoms. The molecule has 1 aromatic rings. The van der Waals surface area contributed by atoms with Gasteiger partial charge in [0.2, 0.25) is 0 Å². The molecule has 104 valence electrons. The van der Waals surface area contributed by atoms with Crippen molar-refractivity contribution >= 4 is 16.9 Å². The summed E-state index contributed by atoms with van der Waals surface area (Å²) < 4.78 is 37.7. The van der Waals surface area contributed by atoms with Gasteiger partial charge in [-0.25, -0.2) is 0 Å². The van der Waals surface area contributed by atoms with Gasteiger partial charge in [-0.2, -0.15) is 13.2 Å². The van der Waals surface area contributed by atoms with Crippen molar-refractivity contribution in [1.29, 1.82) is 0 Å². The number of rotatable bonds is 2. The summed E-state index contributed by atoms with van der Waals surface area (Å²) in [6.07, 6.45) is -3.22. The Morgan fingerprint density at radius 3 is 2.89 bits per heavy atom. The number of alkyl halides is 3. The molecule has 2 rings (SSSR count). The summed E-state index contributed by atoms with van der Waals surface area (Å²) in [6, 6.07) is 5.69. The maximum Gasteiger partial charge on any atom is 0.416 e. The Hall–Kier alpha value is -1.17. The fourth-order valence-corrected chi connectivity index (χ4v) is 2.86. The predicted molar refractivity (Wildman–Crippen MR) is 72.3 cm³/mol. The van der Waals surface area contributed by atoms with Gasteiger partial charge in [-0.05, 0) is 31.0 Å². The standard InChI is InChI=1S/C13H15F3N2S/c1-9-5-6-19-12(18-9)17-8-10-3-2-4-11(7-10)13(14,15)16/h2-4,7,9H,5-6,8H2,1H3,(H,17,18). The van der Waals surface area contributed by atoms with E-state index < -0.39 is 11.7 Å². The molecule has 0 saturated carbocycles. The van der Waals surface area contributed by atoms with E-state index in [4.69, 9.17) is 0 Å². The van der Waals surface area contributed by atoms with Gasteiger partial charge < -0.3 is 5.32 Å². The maximum absolute atomic E-state index is 12.6. The molecule has 1 unspecified atom stereocenters. The highest BCUT2D eigenvalue weighted by atomic mass is 32.2. The molecule has 0 aromatic heterocycles. The van der Waals surface area contributed by atoms with Crippen molar-refractivity contribution in [2.45, 2.75) is 32.1 Å². The second-order valence-electron chi connectivity index (χ2n) is 4.50. The van der Waals surface area contributed by atoms with Gasteiger partial charge in [-0.3, -0.25) is 4.99 Å². The minimum atomic E-state index is -4.30. The van der Waals surface area contributed by atoms with E-state index in [9.17, 15) is 13.2 Å². The van der Waals surface area contributed by atoms with Crippen LogP contribution < -0.4 is 5.32 Å². The van der Waals surface area contributed by atoms with Gasteiger partial charge in [-0.1, -0.05) is 23.9 Å². The van der Waals surface area contributed by atoms with E-state index in [2.05, 4.69) is 17.2 Å². The van der Waals surface area contributed by atoms with Crippen LogP contribution in [0.3, 0.4) is 0 Å². The SMILES string of the molecule is CC1CCSC(=NCc2cccc(C(F)(F)F)c2)N1. The lowest BCUT2D eigenvalue weighted by Crippen LogP contribution is -2.35. The molecule has 1 fully saturated rings.